The lowest BCUT2D eigenvalue weighted by Gasteiger charge is -2.21. The molecule has 2 aromatic rings. The number of imidazole rings is 1. The molecule has 0 fully saturated rings. The molecule has 1 aromatic carbocycles. The van der Waals surface area contributed by atoms with Gasteiger partial charge in [-0.3, -0.25) is 4.57 Å². The van der Waals surface area contributed by atoms with Gasteiger partial charge in [0, 0.05) is 20.3 Å². The quantitative estimate of drug-likeness (QED) is 0.412. The fourth-order valence-electron chi connectivity index (χ4n) is 2.82. The van der Waals surface area contributed by atoms with Crippen LogP contribution in [0.4, 0.5) is 5.82 Å². The van der Waals surface area contributed by atoms with Crippen molar-refractivity contribution >= 4 is 30.7 Å². The minimum atomic E-state index is -2.94. The number of methoxy groups -OCH3 is 2. The summed E-state index contributed by atoms with van der Waals surface area (Å²) in [6.45, 7) is 2.47. The second kappa shape index (κ2) is 9.80. The van der Waals surface area contributed by atoms with Crippen LogP contribution >= 0.6 is 19.0 Å². The van der Waals surface area contributed by atoms with Crippen LogP contribution in [-0.4, -0.2) is 49.3 Å². The molecule has 2 heterocycles. The molecule has 3 rings (SSSR count). The third-order valence-corrected chi connectivity index (χ3v) is 5.97. The van der Waals surface area contributed by atoms with E-state index in [2.05, 4.69) is 15.3 Å². The first-order valence-corrected chi connectivity index (χ1v) is 11.8. The molecule has 1 aliphatic rings. The van der Waals surface area contributed by atoms with E-state index in [1.807, 2.05) is 6.07 Å². The number of fused-ring (bicyclic) bond motifs is 1. The molecule has 0 bridgehead atoms. The van der Waals surface area contributed by atoms with E-state index in [1.54, 1.807) is 37.2 Å². The molecule has 1 aromatic heterocycles. The predicted octanol–water partition coefficient (Wildman–Crippen LogP) is 2.84. The zero-order chi connectivity index (χ0) is 21.7. The van der Waals surface area contributed by atoms with E-state index in [0.29, 0.717) is 35.4 Å². The van der Waals surface area contributed by atoms with Crippen molar-refractivity contribution in [1.29, 1.82) is 0 Å². The lowest BCUT2D eigenvalue weighted by molar-refractivity contribution is 0.0864. The number of hydrogen-bond donors (Lipinski definition) is 2. The van der Waals surface area contributed by atoms with Crippen LogP contribution in [0.2, 0.25) is 5.02 Å². The third kappa shape index (κ3) is 5.53. The van der Waals surface area contributed by atoms with Crippen LogP contribution in [0.15, 0.2) is 29.5 Å². The summed E-state index contributed by atoms with van der Waals surface area (Å²) in [5.74, 6) is 1.43. The number of halogens is 1. The number of rotatable bonds is 10. The molecular formula is C18H25ClN5O5P. The van der Waals surface area contributed by atoms with E-state index in [9.17, 15) is 4.57 Å². The van der Waals surface area contributed by atoms with Crippen molar-refractivity contribution in [1.82, 2.24) is 14.9 Å². The van der Waals surface area contributed by atoms with Gasteiger partial charge in [-0.25, -0.2) is 4.98 Å². The molecule has 0 saturated heterocycles. The monoisotopic (exact) mass is 457 g/mol. The summed E-state index contributed by atoms with van der Waals surface area (Å²) in [5, 5.41) is 3.36. The van der Waals surface area contributed by atoms with Gasteiger partial charge in [0.15, 0.2) is 18.0 Å². The summed E-state index contributed by atoms with van der Waals surface area (Å²) in [6, 6.07) is 5.27. The second-order valence-electron chi connectivity index (χ2n) is 6.70. The summed E-state index contributed by atoms with van der Waals surface area (Å²) in [7, 11) is 0.156. The molecule has 0 spiro atoms. The highest BCUT2D eigenvalue weighted by Gasteiger charge is 2.25. The van der Waals surface area contributed by atoms with E-state index in [-0.39, 0.29) is 18.9 Å². The highest BCUT2D eigenvalue weighted by atomic mass is 35.5. The van der Waals surface area contributed by atoms with Crippen molar-refractivity contribution in [2.75, 3.05) is 33.8 Å². The molecule has 30 heavy (non-hydrogen) atoms. The Morgan fingerprint density at radius 1 is 1.37 bits per heavy atom. The van der Waals surface area contributed by atoms with Gasteiger partial charge in [-0.2, -0.15) is 4.99 Å². The van der Waals surface area contributed by atoms with E-state index in [0.717, 1.165) is 5.56 Å². The lowest BCUT2D eigenvalue weighted by atomic mass is 10.2. The normalized spacial score (nSPS) is 17.6. The fourth-order valence-corrected chi connectivity index (χ4v) is 4.06. The summed E-state index contributed by atoms with van der Waals surface area (Å²) >= 11 is 6.10. The fraction of sp³-hybridized carbons (Fsp3) is 0.444. The summed E-state index contributed by atoms with van der Waals surface area (Å²) in [5.41, 5.74) is 7.22. The SMILES string of the molecule is COc1ccc(COP(C)(=O)COCCn2cnc3c2N=C(N)NC3OC)cc1Cl. The second-order valence-corrected chi connectivity index (χ2v) is 9.65. The van der Waals surface area contributed by atoms with Crippen LogP contribution < -0.4 is 15.8 Å². The maximum absolute atomic E-state index is 12.6. The van der Waals surface area contributed by atoms with Gasteiger partial charge in [0.25, 0.3) is 0 Å². The predicted molar refractivity (Wildman–Crippen MR) is 114 cm³/mol. The van der Waals surface area contributed by atoms with Gasteiger partial charge >= 0.3 is 0 Å². The Balaban J connectivity index is 1.48. The molecule has 0 amide bonds. The van der Waals surface area contributed by atoms with Crippen molar-refractivity contribution < 1.29 is 23.3 Å². The van der Waals surface area contributed by atoms with E-state index in [4.69, 9.17) is 36.1 Å². The van der Waals surface area contributed by atoms with Gasteiger partial charge in [0.1, 0.15) is 17.8 Å². The Kier molecular flexibility index (Phi) is 7.38. The Hall–Kier alpha value is -2.10. The van der Waals surface area contributed by atoms with Gasteiger partial charge in [-0.15, -0.1) is 0 Å². The topological polar surface area (TPSA) is 122 Å². The van der Waals surface area contributed by atoms with Crippen LogP contribution in [0.25, 0.3) is 0 Å². The van der Waals surface area contributed by atoms with E-state index in [1.165, 1.54) is 6.66 Å². The first kappa shape index (κ1) is 22.6. The minimum Gasteiger partial charge on any atom is -0.495 e. The molecule has 2 atom stereocenters. The molecule has 0 saturated carbocycles. The zero-order valence-electron chi connectivity index (χ0n) is 17.0. The lowest BCUT2D eigenvalue weighted by Crippen LogP contribution is -2.38. The highest BCUT2D eigenvalue weighted by molar-refractivity contribution is 7.57. The molecule has 10 nitrogen and oxygen atoms in total. The summed E-state index contributed by atoms with van der Waals surface area (Å²) in [6.07, 6.45) is 1.18. The summed E-state index contributed by atoms with van der Waals surface area (Å²) in [4.78, 5) is 8.57. The molecule has 0 radical (unpaired) electrons. The van der Waals surface area contributed by atoms with Crippen LogP contribution in [0.5, 0.6) is 5.75 Å². The molecule has 3 N–H and O–H groups in total. The third-order valence-electron chi connectivity index (χ3n) is 4.35. The first-order valence-electron chi connectivity index (χ1n) is 9.12. The number of nitrogens with zero attached hydrogens (tertiary/aromatic N) is 3. The first-order chi connectivity index (χ1) is 14.3. The van der Waals surface area contributed by atoms with Crippen LogP contribution in [0, 0.1) is 0 Å². The molecule has 164 valence electrons. The van der Waals surface area contributed by atoms with Crippen LogP contribution in [-0.2, 0) is 31.7 Å². The largest absolute Gasteiger partial charge is 0.495 e. The number of benzene rings is 1. The van der Waals surface area contributed by atoms with Gasteiger partial charge in [0.2, 0.25) is 7.37 Å². The Morgan fingerprint density at radius 3 is 2.87 bits per heavy atom. The molecule has 2 unspecified atom stereocenters. The summed E-state index contributed by atoms with van der Waals surface area (Å²) < 4.78 is 36.0. The van der Waals surface area contributed by atoms with Gasteiger partial charge < -0.3 is 34.4 Å². The maximum Gasteiger partial charge on any atom is 0.225 e. The van der Waals surface area contributed by atoms with Crippen LogP contribution in [0.3, 0.4) is 0 Å². The molecule has 0 aliphatic carbocycles. The minimum absolute atomic E-state index is 0.0125. The van der Waals surface area contributed by atoms with Gasteiger partial charge in [-0.1, -0.05) is 17.7 Å². The van der Waals surface area contributed by atoms with Gasteiger partial charge in [-0.05, 0) is 17.7 Å². The van der Waals surface area contributed by atoms with Crippen LogP contribution in [0.1, 0.15) is 17.5 Å². The molecule has 1 aliphatic heterocycles. The van der Waals surface area contributed by atoms with Crippen molar-refractivity contribution in [2.24, 2.45) is 10.7 Å². The average Bonchev–Trinajstić information content (AvgIpc) is 3.12. The maximum atomic E-state index is 12.6. The Labute approximate surface area is 179 Å². The smallest absolute Gasteiger partial charge is 0.225 e. The average molecular weight is 458 g/mol. The number of hydrogen-bond acceptors (Lipinski definition) is 9. The number of nitrogens with one attached hydrogen (secondary N) is 1. The number of ether oxygens (including phenoxy) is 3. The van der Waals surface area contributed by atoms with E-state index >= 15 is 0 Å². The highest BCUT2D eigenvalue weighted by Crippen LogP contribution is 2.43. The van der Waals surface area contributed by atoms with Crippen molar-refractivity contribution in [3.63, 3.8) is 0 Å². The van der Waals surface area contributed by atoms with Gasteiger partial charge in [0.05, 0.1) is 31.7 Å². The zero-order valence-corrected chi connectivity index (χ0v) is 18.7. The number of aromatic nitrogens is 2. The van der Waals surface area contributed by atoms with E-state index < -0.39 is 13.6 Å². The van der Waals surface area contributed by atoms with Crippen molar-refractivity contribution in [2.45, 2.75) is 19.4 Å². The number of guanidine groups is 1. The standard InChI is InChI=1S/C18H25ClN5O5P/c1-26-14-5-4-12(8-13(14)19)9-29-30(3,25)11-28-7-6-24-10-21-15-16(24)22-18(20)23-17(15)27-2/h4-5,8,10,17H,6-7,9,11H2,1-3H3,(H3,20,22,23). The Bertz CT molecular complexity index is 966. The van der Waals surface area contributed by atoms with Crippen molar-refractivity contribution in [3.05, 3.63) is 40.8 Å². The van der Waals surface area contributed by atoms with Crippen molar-refractivity contribution in [3.8, 4) is 5.75 Å². The molecule has 12 heteroatoms. The number of nitrogens with two attached hydrogens (primary N) is 1. The number of aliphatic imine (C=N–C) groups is 1. The molecular weight excluding hydrogens is 433 g/mol. The Morgan fingerprint density at radius 2 is 2.17 bits per heavy atom.